The van der Waals surface area contributed by atoms with Crippen molar-refractivity contribution in [1.29, 1.82) is 0 Å². The minimum atomic E-state index is -0.136. The molecule has 0 spiro atoms. The number of carbonyl (C=O) groups excluding carboxylic acids is 1. The number of rotatable bonds is 9. The Morgan fingerprint density at radius 3 is 2.56 bits per heavy atom. The molecule has 1 amide bonds. The molecule has 0 aliphatic heterocycles. The minimum Gasteiger partial charge on any atom is -0.484 e. The van der Waals surface area contributed by atoms with Gasteiger partial charge in [-0.25, -0.2) is 4.99 Å². The number of halogens is 1. The highest BCUT2D eigenvalue weighted by Gasteiger charge is 2.02. The summed E-state index contributed by atoms with van der Waals surface area (Å²) in [6.45, 7) is 3.64. The molecule has 7 heteroatoms. The Morgan fingerprint density at radius 2 is 1.81 bits per heavy atom. The first-order valence-corrected chi connectivity index (χ1v) is 8.73. The molecular formula is C20H27IN4O2. The first-order chi connectivity index (χ1) is 12.7. The Balaban J connectivity index is 0.00000364. The zero-order chi connectivity index (χ0) is 18.6. The molecule has 0 aromatic heterocycles. The second kappa shape index (κ2) is 13.0. The van der Waals surface area contributed by atoms with Crippen LogP contribution in [0.15, 0.2) is 59.6 Å². The maximum absolute atomic E-state index is 11.4. The molecule has 2 aromatic rings. The fourth-order valence-corrected chi connectivity index (χ4v) is 2.34. The highest BCUT2D eigenvalue weighted by molar-refractivity contribution is 14.0. The number of amides is 1. The lowest BCUT2D eigenvalue weighted by Crippen LogP contribution is -2.33. The van der Waals surface area contributed by atoms with Gasteiger partial charge < -0.3 is 21.1 Å². The number of aliphatic imine (C=N–C) groups is 1. The Labute approximate surface area is 177 Å². The fourth-order valence-electron chi connectivity index (χ4n) is 2.34. The van der Waals surface area contributed by atoms with Gasteiger partial charge in [0.1, 0.15) is 5.75 Å². The van der Waals surface area contributed by atoms with E-state index in [-0.39, 0.29) is 36.5 Å². The van der Waals surface area contributed by atoms with Gasteiger partial charge in [-0.05, 0) is 36.6 Å². The van der Waals surface area contributed by atoms with Gasteiger partial charge in [0.25, 0.3) is 5.91 Å². The molecule has 0 atom stereocenters. The van der Waals surface area contributed by atoms with Crippen LogP contribution in [0, 0.1) is 0 Å². The van der Waals surface area contributed by atoms with Crippen LogP contribution in [-0.2, 0) is 17.8 Å². The maximum atomic E-state index is 11.4. The summed E-state index contributed by atoms with van der Waals surface area (Å²) in [6.07, 6.45) is 0.889. The number of carbonyl (C=O) groups is 1. The minimum absolute atomic E-state index is 0. The van der Waals surface area contributed by atoms with Crippen molar-refractivity contribution in [2.45, 2.75) is 19.9 Å². The highest BCUT2D eigenvalue weighted by Crippen LogP contribution is 2.14. The van der Waals surface area contributed by atoms with Crippen LogP contribution in [0.1, 0.15) is 18.1 Å². The van der Waals surface area contributed by atoms with Crippen molar-refractivity contribution in [3.63, 3.8) is 0 Å². The van der Waals surface area contributed by atoms with Gasteiger partial charge in [0.2, 0.25) is 0 Å². The molecule has 146 valence electrons. The van der Waals surface area contributed by atoms with Crippen molar-refractivity contribution in [1.82, 2.24) is 10.6 Å². The Kier molecular flexibility index (Phi) is 10.9. The van der Waals surface area contributed by atoms with Gasteiger partial charge in [-0.3, -0.25) is 4.79 Å². The van der Waals surface area contributed by atoms with Gasteiger partial charge in [-0.1, -0.05) is 42.5 Å². The molecule has 0 radical (unpaired) electrons. The van der Waals surface area contributed by atoms with Crippen molar-refractivity contribution >= 4 is 35.8 Å². The van der Waals surface area contributed by atoms with E-state index in [1.54, 1.807) is 0 Å². The van der Waals surface area contributed by atoms with Crippen molar-refractivity contribution in [3.8, 4) is 5.75 Å². The summed E-state index contributed by atoms with van der Waals surface area (Å²) in [4.78, 5) is 15.8. The number of ether oxygens (including phenoxy) is 1. The van der Waals surface area contributed by atoms with Crippen molar-refractivity contribution in [3.05, 3.63) is 65.7 Å². The second-order valence-corrected chi connectivity index (χ2v) is 5.75. The number of nitrogens with one attached hydrogen (secondary N) is 2. The first kappa shape index (κ1) is 22.8. The van der Waals surface area contributed by atoms with Crippen LogP contribution in [0.4, 0.5) is 0 Å². The standard InChI is InChI=1S/C20H26N4O2.HI/c1-2-22-19(25)15-26-18-10-6-9-17(13-18)14-24-20(21)23-12-11-16-7-4-3-5-8-16;/h3-10,13H,2,11-12,14-15H2,1H3,(H,22,25)(H3,21,23,24);1H. The molecule has 2 rings (SSSR count). The van der Waals surface area contributed by atoms with Crippen molar-refractivity contribution < 1.29 is 9.53 Å². The van der Waals surface area contributed by atoms with E-state index in [0.29, 0.717) is 24.8 Å². The summed E-state index contributed by atoms with van der Waals surface area (Å²) in [6, 6.07) is 17.7. The molecule has 0 fully saturated rings. The molecule has 0 saturated carbocycles. The van der Waals surface area contributed by atoms with E-state index in [0.717, 1.165) is 18.5 Å². The largest absolute Gasteiger partial charge is 0.484 e. The molecule has 4 N–H and O–H groups in total. The third-order valence-corrected chi connectivity index (χ3v) is 3.64. The number of benzene rings is 2. The summed E-state index contributed by atoms with van der Waals surface area (Å²) in [7, 11) is 0. The quantitative estimate of drug-likeness (QED) is 0.291. The fraction of sp³-hybridized carbons (Fsp3) is 0.300. The Hall–Kier alpha value is -2.29. The molecule has 6 nitrogen and oxygen atoms in total. The molecule has 27 heavy (non-hydrogen) atoms. The average molecular weight is 482 g/mol. The smallest absolute Gasteiger partial charge is 0.257 e. The maximum Gasteiger partial charge on any atom is 0.257 e. The molecule has 0 saturated heterocycles. The summed E-state index contributed by atoms with van der Waals surface area (Å²) in [5.41, 5.74) is 8.13. The van der Waals surface area contributed by atoms with E-state index in [2.05, 4.69) is 27.8 Å². The van der Waals surface area contributed by atoms with E-state index in [1.807, 2.05) is 49.4 Å². The molecule has 0 aliphatic carbocycles. The number of nitrogens with two attached hydrogens (primary N) is 1. The highest BCUT2D eigenvalue weighted by atomic mass is 127. The summed E-state index contributed by atoms with van der Waals surface area (Å²) >= 11 is 0. The predicted molar refractivity (Wildman–Crippen MR) is 120 cm³/mol. The Morgan fingerprint density at radius 1 is 1.07 bits per heavy atom. The van der Waals surface area contributed by atoms with Gasteiger partial charge in [0.05, 0.1) is 6.54 Å². The average Bonchev–Trinajstić information content (AvgIpc) is 2.66. The van der Waals surface area contributed by atoms with Gasteiger partial charge in [-0.15, -0.1) is 24.0 Å². The van der Waals surface area contributed by atoms with Crippen LogP contribution in [-0.4, -0.2) is 31.6 Å². The molecule has 0 bridgehead atoms. The first-order valence-electron chi connectivity index (χ1n) is 8.73. The van der Waals surface area contributed by atoms with E-state index in [1.165, 1.54) is 5.56 Å². The normalized spacial score (nSPS) is 10.6. The van der Waals surface area contributed by atoms with Crippen LogP contribution in [0.3, 0.4) is 0 Å². The lowest BCUT2D eigenvalue weighted by Gasteiger charge is -2.08. The van der Waals surface area contributed by atoms with Crippen LogP contribution in [0.2, 0.25) is 0 Å². The lowest BCUT2D eigenvalue weighted by atomic mass is 10.1. The van der Waals surface area contributed by atoms with E-state index < -0.39 is 0 Å². The summed E-state index contributed by atoms with van der Waals surface area (Å²) < 4.78 is 5.47. The predicted octanol–water partition coefficient (Wildman–Crippen LogP) is 2.47. The van der Waals surface area contributed by atoms with E-state index >= 15 is 0 Å². The summed E-state index contributed by atoms with van der Waals surface area (Å²) in [5.74, 6) is 0.914. The third kappa shape index (κ3) is 9.28. The molecule has 0 unspecified atom stereocenters. The van der Waals surface area contributed by atoms with Gasteiger partial charge >= 0.3 is 0 Å². The van der Waals surface area contributed by atoms with Crippen molar-refractivity contribution in [2.24, 2.45) is 10.7 Å². The topological polar surface area (TPSA) is 88.7 Å². The number of nitrogens with zero attached hydrogens (tertiary/aromatic N) is 1. The number of guanidine groups is 1. The molecule has 0 heterocycles. The lowest BCUT2D eigenvalue weighted by molar-refractivity contribution is -0.122. The molecule has 0 aliphatic rings. The molecular weight excluding hydrogens is 455 g/mol. The third-order valence-electron chi connectivity index (χ3n) is 3.64. The van der Waals surface area contributed by atoms with Gasteiger partial charge in [0, 0.05) is 13.1 Å². The van der Waals surface area contributed by atoms with E-state index in [4.69, 9.17) is 10.5 Å². The van der Waals surface area contributed by atoms with Crippen LogP contribution < -0.4 is 21.1 Å². The van der Waals surface area contributed by atoms with E-state index in [9.17, 15) is 4.79 Å². The summed E-state index contributed by atoms with van der Waals surface area (Å²) in [5, 5.41) is 5.80. The van der Waals surface area contributed by atoms with Gasteiger partial charge in [-0.2, -0.15) is 0 Å². The number of hydrogen-bond acceptors (Lipinski definition) is 3. The van der Waals surface area contributed by atoms with Gasteiger partial charge in [0.15, 0.2) is 12.6 Å². The van der Waals surface area contributed by atoms with Crippen LogP contribution in [0.25, 0.3) is 0 Å². The monoisotopic (exact) mass is 482 g/mol. The zero-order valence-corrected chi connectivity index (χ0v) is 17.8. The second-order valence-electron chi connectivity index (χ2n) is 5.75. The SMILES string of the molecule is CCNC(=O)COc1cccc(CN=C(N)NCCc2ccccc2)c1.I. The molecule has 2 aromatic carbocycles. The zero-order valence-electron chi connectivity index (χ0n) is 15.5. The Bertz CT molecular complexity index is 723. The number of likely N-dealkylation sites (N-methyl/N-ethyl adjacent to an activating group) is 1. The van der Waals surface area contributed by atoms with Crippen molar-refractivity contribution in [2.75, 3.05) is 19.7 Å². The van der Waals surface area contributed by atoms with Crippen LogP contribution >= 0.6 is 24.0 Å². The number of hydrogen-bond donors (Lipinski definition) is 3. The van der Waals surface area contributed by atoms with Crippen LogP contribution in [0.5, 0.6) is 5.75 Å².